The van der Waals surface area contributed by atoms with Gasteiger partial charge in [0.1, 0.15) is 11.5 Å². The maximum Gasteiger partial charge on any atom is 0.242 e. The molecule has 0 radical (unpaired) electrons. The number of nitrogens with zero attached hydrogens (tertiary/aromatic N) is 3. The van der Waals surface area contributed by atoms with Crippen LogP contribution in [0.2, 0.25) is 5.02 Å². The number of hydrogen-bond donors (Lipinski definition) is 2. The monoisotopic (exact) mass is 658 g/mol. The average Bonchev–Trinajstić information content (AvgIpc) is 3.70. The first kappa shape index (κ1) is 29.1. The molecule has 8 rings (SSSR count). The highest BCUT2D eigenvalue weighted by Gasteiger charge is 2.67. The third kappa shape index (κ3) is 3.81. The smallest absolute Gasteiger partial charge is 0.242 e. The molecule has 0 spiro atoms. The second-order valence-corrected chi connectivity index (χ2v) is 14.4. The van der Waals surface area contributed by atoms with Gasteiger partial charge in [-0.2, -0.15) is 5.10 Å². The molecule has 4 aromatic rings. The van der Waals surface area contributed by atoms with Crippen molar-refractivity contribution in [3.63, 3.8) is 0 Å². The van der Waals surface area contributed by atoms with Crippen LogP contribution in [-0.4, -0.2) is 38.5 Å². The number of aryl methyl sites for hydroxylation is 2. The standard InChI is InChI=1S/C34H28ClFN4O5S/c1-14-19-11-16(35)5-9-25(19)46-29(14)23-13-26(39(3)38-23)40-32(44)21-12-20-17(6-7-18-27(20)31(43)37-30(18)42)28(34(21,2)33(40)45)15-4-8-24(41)22(36)10-15/h4-6,8-11,13,18,20-21,27-28,41H,7,12H2,1-3H3,(H,37,42,43). The fourth-order valence-electron chi connectivity index (χ4n) is 8.44. The number of phenols is 1. The van der Waals surface area contributed by atoms with E-state index in [0.717, 1.165) is 26.1 Å². The summed E-state index contributed by atoms with van der Waals surface area (Å²) in [6.07, 6.45) is 2.37. The Morgan fingerprint density at radius 3 is 2.63 bits per heavy atom. The zero-order chi connectivity index (χ0) is 32.4. The van der Waals surface area contributed by atoms with Gasteiger partial charge < -0.3 is 5.11 Å². The molecule has 12 heteroatoms. The van der Waals surface area contributed by atoms with Crippen molar-refractivity contribution in [2.75, 3.05) is 4.90 Å². The Labute approximate surface area is 271 Å². The van der Waals surface area contributed by atoms with Gasteiger partial charge in [-0.25, -0.2) is 9.29 Å². The van der Waals surface area contributed by atoms with Crippen molar-refractivity contribution in [3.8, 4) is 16.3 Å². The van der Waals surface area contributed by atoms with Crippen LogP contribution in [0.15, 0.2) is 54.1 Å². The fourth-order valence-corrected chi connectivity index (χ4v) is 9.76. The number of thiophene rings is 1. The van der Waals surface area contributed by atoms with E-state index in [1.807, 2.05) is 31.2 Å². The number of anilines is 1. The third-order valence-electron chi connectivity index (χ3n) is 10.6. The highest BCUT2D eigenvalue weighted by atomic mass is 35.5. The number of aromatic nitrogens is 2. The number of aromatic hydroxyl groups is 1. The molecule has 234 valence electrons. The summed E-state index contributed by atoms with van der Waals surface area (Å²) in [5, 5.41) is 18.8. The molecule has 2 aromatic heterocycles. The van der Waals surface area contributed by atoms with Crippen LogP contribution in [0, 0.1) is 41.8 Å². The minimum absolute atomic E-state index is 0.184. The molecule has 3 fully saturated rings. The number of fused-ring (bicyclic) bond motifs is 5. The van der Waals surface area contributed by atoms with Gasteiger partial charge in [-0.1, -0.05) is 29.3 Å². The number of imide groups is 2. The zero-order valence-electron chi connectivity index (χ0n) is 25.0. The molecule has 4 aliphatic rings. The molecule has 9 nitrogen and oxygen atoms in total. The maximum atomic E-state index is 14.9. The predicted octanol–water partition coefficient (Wildman–Crippen LogP) is 5.63. The van der Waals surface area contributed by atoms with Crippen molar-refractivity contribution >= 4 is 62.5 Å². The van der Waals surface area contributed by atoms with Crippen LogP contribution in [0.25, 0.3) is 20.7 Å². The summed E-state index contributed by atoms with van der Waals surface area (Å²) in [4.78, 5) is 57.0. The van der Waals surface area contributed by atoms with Crippen molar-refractivity contribution in [1.29, 1.82) is 0 Å². The van der Waals surface area contributed by atoms with Gasteiger partial charge in [0, 0.05) is 28.8 Å². The lowest BCUT2D eigenvalue weighted by molar-refractivity contribution is -0.131. The number of phenolic OH excluding ortho intramolecular Hbond substituents is 1. The van der Waals surface area contributed by atoms with Gasteiger partial charge >= 0.3 is 0 Å². The lowest BCUT2D eigenvalue weighted by atomic mass is 9.51. The zero-order valence-corrected chi connectivity index (χ0v) is 26.6. The fraction of sp³-hybridized carbons (Fsp3) is 0.324. The summed E-state index contributed by atoms with van der Waals surface area (Å²) < 4.78 is 17.4. The quantitative estimate of drug-likeness (QED) is 0.218. The largest absolute Gasteiger partial charge is 0.505 e. The summed E-state index contributed by atoms with van der Waals surface area (Å²) in [5.74, 6) is -6.11. The van der Waals surface area contributed by atoms with Crippen LogP contribution in [0.4, 0.5) is 10.2 Å². The Balaban J connectivity index is 1.26. The second kappa shape index (κ2) is 9.83. The number of rotatable bonds is 3. The van der Waals surface area contributed by atoms with Gasteiger partial charge in [0.15, 0.2) is 11.6 Å². The molecule has 2 aliphatic carbocycles. The van der Waals surface area contributed by atoms with Gasteiger partial charge in [0.05, 0.1) is 28.0 Å². The molecule has 1 saturated carbocycles. The lowest BCUT2D eigenvalue weighted by Crippen LogP contribution is -2.48. The number of carbonyl (C=O) groups is 4. The van der Waals surface area contributed by atoms with Crippen molar-refractivity contribution < 1.29 is 28.7 Å². The Bertz CT molecular complexity index is 2100. The predicted molar refractivity (Wildman–Crippen MR) is 170 cm³/mol. The van der Waals surface area contributed by atoms with Crippen molar-refractivity contribution in [1.82, 2.24) is 15.1 Å². The first-order chi connectivity index (χ1) is 21.9. The molecule has 2 aromatic carbocycles. The van der Waals surface area contributed by atoms with Crippen molar-refractivity contribution in [2.24, 2.45) is 36.1 Å². The minimum Gasteiger partial charge on any atom is -0.505 e. The summed E-state index contributed by atoms with van der Waals surface area (Å²) in [5.41, 5.74) is 1.39. The molecular weight excluding hydrogens is 631 g/mol. The van der Waals surface area contributed by atoms with Gasteiger partial charge in [0.2, 0.25) is 23.6 Å². The lowest BCUT2D eigenvalue weighted by Gasteiger charge is -2.49. The van der Waals surface area contributed by atoms with Crippen LogP contribution in [0.1, 0.15) is 36.8 Å². The summed E-state index contributed by atoms with van der Waals surface area (Å²) in [7, 11) is 1.68. The number of benzene rings is 2. The Kier molecular flexibility index (Phi) is 6.21. The maximum absolute atomic E-state index is 14.9. The number of carbonyl (C=O) groups excluding carboxylic acids is 4. The second-order valence-electron chi connectivity index (χ2n) is 12.9. The van der Waals surface area contributed by atoms with Crippen molar-refractivity contribution in [2.45, 2.75) is 32.6 Å². The summed E-state index contributed by atoms with van der Waals surface area (Å²) in [6, 6.07) is 11.4. The van der Waals surface area contributed by atoms with Crippen LogP contribution < -0.4 is 10.2 Å². The van der Waals surface area contributed by atoms with E-state index in [4.69, 9.17) is 16.7 Å². The Morgan fingerprint density at radius 2 is 1.87 bits per heavy atom. The number of halogens is 2. The highest BCUT2D eigenvalue weighted by molar-refractivity contribution is 7.22. The molecule has 46 heavy (non-hydrogen) atoms. The first-order valence-electron chi connectivity index (χ1n) is 15.0. The molecule has 6 atom stereocenters. The Morgan fingerprint density at radius 1 is 1.09 bits per heavy atom. The van der Waals surface area contributed by atoms with E-state index in [0.29, 0.717) is 28.5 Å². The molecule has 4 amide bonds. The molecule has 2 N–H and O–H groups in total. The molecular formula is C34H28ClFN4O5S. The normalized spacial score (nSPS) is 28.8. The molecule has 6 unspecified atom stereocenters. The average molecular weight is 659 g/mol. The van der Waals surface area contributed by atoms with Gasteiger partial charge in [0.25, 0.3) is 0 Å². The number of hydrogen-bond acceptors (Lipinski definition) is 7. The van der Waals surface area contributed by atoms with Gasteiger partial charge in [-0.3, -0.25) is 29.2 Å². The van der Waals surface area contributed by atoms with E-state index >= 15 is 0 Å². The van der Waals surface area contributed by atoms with E-state index in [9.17, 15) is 28.7 Å². The van der Waals surface area contributed by atoms with Crippen molar-refractivity contribution in [3.05, 3.63) is 76.1 Å². The Hall–Kier alpha value is -4.35. The van der Waals surface area contributed by atoms with Crippen LogP contribution in [0.3, 0.4) is 0 Å². The van der Waals surface area contributed by atoms with Gasteiger partial charge in [-0.05, 0) is 79.5 Å². The number of nitrogens with one attached hydrogen (secondary N) is 1. The SMILES string of the molecule is Cc1c(-c2cc(N3C(=O)C4CC5C(=CCC6C(=O)NC(=O)C65)C(c5ccc(O)c(F)c5)C4(C)C3=O)n(C)n2)sc2ccc(Cl)cc12. The van der Waals surface area contributed by atoms with Gasteiger partial charge in [-0.15, -0.1) is 11.3 Å². The van der Waals surface area contributed by atoms with Crippen LogP contribution in [-0.2, 0) is 26.2 Å². The van der Waals surface area contributed by atoms with Crippen LogP contribution >= 0.6 is 22.9 Å². The van der Waals surface area contributed by atoms with E-state index in [2.05, 4.69) is 5.32 Å². The number of amides is 4. The highest BCUT2D eigenvalue weighted by Crippen LogP contribution is 2.63. The summed E-state index contributed by atoms with van der Waals surface area (Å²) in [6.45, 7) is 3.71. The van der Waals surface area contributed by atoms with E-state index in [-0.39, 0.29) is 12.3 Å². The van der Waals surface area contributed by atoms with E-state index < -0.39 is 64.3 Å². The molecule has 2 aliphatic heterocycles. The molecule has 4 heterocycles. The molecule has 0 bridgehead atoms. The third-order valence-corrected chi connectivity index (χ3v) is 12.2. The summed E-state index contributed by atoms with van der Waals surface area (Å²) >= 11 is 7.80. The first-order valence-corrected chi connectivity index (χ1v) is 16.2. The number of allylic oxidation sites excluding steroid dienone is 2. The molecule has 2 saturated heterocycles. The minimum atomic E-state index is -1.34. The van der Waals surface area contributed by atoms with E-state index in [1.165, 1.54) is 21.7 Å². The van der Waals surface area contributed by atoms with Crippen LogP contribution in [0.5, 0.6) is 5.75 Å². The van der Waals surface area contributed by atoms with E-state index in [1.54, 1.807) is 37.4 Å². The topological polar surface area (TPSA) is 122 Å².